The molecule has 0 radical (unpaired) electrons. The highest BCUT2D eigenvalue weighted by Crippen LogP contribution is 2.21. The van der Waals surface area contributed by atoms with Crippen LogP contribution in [0.15, 0.2) is 24.3 Å². The van der Waals surface area contributed by atoms with Gasteiger partial charge in [0.2, 0.25) is 5.13 Å². The largest absolute Gasteiger partial charge is 0.481 e. The zero-order valence-corrected chi connectivity index (χ0v) is 11.7. The number of aliphatic carboxylic acids is 1. The van der Waals surface area contributed by atoms with Crippen LogP contribution in [0.5, 0.6) is 0 Å². The van der Waals surface area contributed by atoms with Crippen LogP contribution in [0.2, 0.25) is 0 Å². The fourth-order valence-corrected chi connectivity index (χ4v) is 2.47. The molecule has 0 fully saturated rings. The highest BCUT2D eigenvalue weighted by atomic mass is 32.1. The molecule has 1 heterocycles. The Hall–Kier alpha value is -2.02. The van der Waals surface area contributed by atoms with E-state index in [0.29, 0.717) is 18.1 Å². The molecule has 20 heavy (non-hydrogen) atoms. The first-order valence-corrected chi connectivity index (χ1v) is 6.86. The molecule has 0 spiro atoms. The van der Waals surface area contributed by atoms with Crippen LogP contribution in [0.4, 0.5) is 9.52 Å². The van der Waals surface area contributed by atoms with Crippen molar-refractivity contribution in [1.29, 1.82) is 0 Å². The number of benzene rings is 1. The van der Waals surface area contributed by atoms with Gasteiger partial charge in [-0.1, -0.05) is 23.5 Å². The van der Waals surface area contributed by atoms with Gasteiger partial charge in [0.05, 0.1) is 6.42 Å². The molecule has 0 aliphatic carbocycles. The number of halogens is 1. The fraction of sp³-hybridized carbons (Fsp3) is 0.308. The Labute approximate surface area is 119 Å². The Morgan fingerprint density at radius 1 is 1.35 bits per heavy atom. The molecule has 1 N–H and O–H groups in total. The monoisotopic (exact) mass is 295 g/mol. The minimum absolute atomic E-state index is 0.0589. The predicted molar refractivity (Wildman–Crippen MR) is 74.6 cm³/mol. The zero-order chi connectivity index (χ0) is 14.5. The van der Waals surface area contributed by atoms with Crippen LogP contribution in [-0.2, 0) is 11.2 Å². The van der Waals surface area contributed by atoms with Gasteiger partial charge >= 0.3 is 5.97 Å². The summed E-state index contributed by atoms with van der Waals surface area (Å²) in [5, 5.41) is 18.2. The number of hydrogen-bond acceptors (Lipinski definition) is 5. The third kappa shape index (κ3) is 3.99. The predicted octanol–water partition coefficient (Wildman–Crippen LogP) is 2.18. The number of carboxylic acid groups (broad SMARTS) is 1. The number of carboxylic acids is 1. The molecule has 7 heteroatoms. The van der Waals surface area contributed by atoms with E-state index in [2.05, 4.69) is 10.2 Å². The van der Waals surface area contributed by atoms with Gasteiger partial charge in [0.1, 0.15) is 10.8 Å². The van der Waals surface area contributed by atoms with E-state index >= 15 is 0 Å². The Bertz CT molecular complexity index is 586. The van der Waals surface area contributed by atoms with Crippen LogP contribution < -0.4 is 4.90 Å². The molecule has 106 valence electrons. The fourth-order valence-electron chi connectivity index (χ4n) is 1.61. The molecule has 0 aliphatic heterocycles. The van der Waals surface area contributed by atoms with E-state index in [9.17, 15) is 9.18 Å². The van der Waals surface area contributed by atoms with Crippen LogP contribution >= 0.6 is 11.3 Å². The molecule has 0 atom stereocenters. The molecule has 5 nitrogen and oxygen atoms in total. The van der Waals surface area contributed by atoms with Crippen molar-refractivity contribution in [1.82, 2.24) is 10.2 Å². The van der Waals surface area contributed by atoms with Crippen molar-refractivity contribution in [3.8, 4) is 0 Å². The van der Waals surface area contributed by atoms with E-state index in [4.69, 9.17) is 5.11 Å². The van der Waals surface area contributed by atoms with E-state index < -0.39 is 5.97 Å². The van der Waals surface area contributed by atoms with Crippen LogP contribution in [-0.4, -0.2) is 34.9 Å². The highest BCUT2D eigenvalue weighted by molar-refractivity contribution is 7.15. The SMILES string of the molecule is CN(CCC(=O)O)c1nnc(Cc2ccc(F)cc2)s1. The molecule has 0 amide bonds. The number of aromatic nitrogens is 2. The van der Waals surface area contributed by atoms with Crippen molar-refractivity contribution in [2.24, 2.45) is 0 Å². The van der Waals surface area contributed by atoms with Crippen molar-refractivity contribution >= 4 is 22.4 Å². The molecule has 1 aromatic heterocycles. The van der Waals surface area contributed by atoms with Gasteiger partial charge < -0.3 is 10.0 Å². The summed E-state index contributed by atoms with van der Waals surface area (Å²) in [7, 11) is 1.78. The molecule has 0 aliphatic rings. The van der Waals surface area contributed by atoms with E-state index in [1.807, 2.05) is 0 Å². The van der Waals surface area contributed by atoms with Crippen molar-refractivity contribution in [2.45, 2.75) is 12.8 Å². The summed E-state index contributed by atoms with van der Waals surface area (Å²) in [5.74, 6) is -1.10. The van der Waals surface area contributed by atoms with Gasteiger partial charge in [0.15, 0.2) is 0 Å². The van der Waals surface area contributed by atoms with Gasteiger partial charge in [-0.15, -0.1) is 10.2 Å². The average Bonchev–Trinajstić information content (AvgIpc) is 2.87. The van der Waals surface area contributed by atoms with E-state index in [0.717, 1.165) is 10.6 Å². The molecule has 2 aromatic rings. The first-order chi connectivity index (χ1) is 9.54. The summed E-state index contributed by atoms with van der Waals surface area (Å²) in [5.41, 5.74) is 0.960. The first-order valence-electron chi connectivity index (χ1n) is 6.04. The Morgan fingerprint density at radius 3 is 2.70 bits per heavy atom. The zero-order valence-electron chi connectivity index (χ0n) is 10.9. The second-order valence-corrected chi connectivity index (χ2v) is 5.39. The number of hydrogen-bond donors (Lipinski definition) is 1. The van der Waals surface area contributed by atoms with Gasteiger partial charge in [-0.3, -0.25) is 4.79 Å². The van der Waals surface area contributed by atoms with Gasteiger partial charge in [-0.25, -0.2) is 4.39 Å². The topological polar surface area (TPSA) is 66.3 Å². The summed E-state index contributed by atoms with van der Waals surface area (Å²) in [4.78, 5) is 12.3. The number of carbonyl (C=O) groups is 1. The molecule has 0 saturated heterocycles. The number of rotatable bonds is 6. The lowest BCUT2D eigenvalue weighted by Crippen LogP contribution is -2.20. The highest BCUT2D eigenvalue weighted by Gasteiger charge is 2.10. The second-order valence-electron chi connectivity index (χ2n) is 4.35. The summed E-state index contributed by atoms with van der Waals surface area (Å²) < 4.78 is 12.8. The molecule has 0 unspecified atom stereocenters. The molecule has 0 saturated carbocycles. The summed E-state index contributed by atoms with van der Waals surface area (Å²) in [6.07, 6.45) is 0.647. The van der Waals surface area contributed by atoms with Crippen LogP contribution in [0, 0.1) is 5.82 Å². The van der Waals surface area contributed by atoms with Crippen LogP contribution in [0.1, 0.15) is 17.0 Å². The maximum Gasteiger partial charge on any atom is 0.305 e. The summed E-state index contributed by atoms with van der Waals surface area (Å²) in [6, 6.07) is 6.25. The average molecular weight is 295 g/mol. The maximum atomic E-state index is 12.8. The number of nitrogens with zero attached hydrogens (tertiary/aromatic N) is 3. The number of anilines is 1. The Morgan fingerprint density at radius 2 is 2.05 bits per heavy atom. The molecule has 0 bridgehead atoms. The smallest absolute Gasteiger partial charge is 0.305 e. The Balaban J connectivity index is 1.98. The van der Waals surface area contributed by atoms with Gasteiger partial charge in [-0.2, -0.15) is 0 Å². The van der Waals surface area contributed by atoms with E-state index in [1.165, 1.54) is 23.5 Å². The molecular formula is C13H14FN3O2S. The van der Waals surface area contributed by atoms with E-state index in [1.54, 1.807) is 24.1 Å². The van der Waals surface area contributed by atoms with Crippen LogP contribution in [0.3, 0.4) is 0 Å². The lowest BCUT2D eigenvalue weighted by molar-refractivity contribution is -0.136. The standard InChI is InChI=1S/C13H14FN3O2S/c1-17(7-6-12(18)19)13-16-15-11(20-13)8-9-2-4-10(14)5-3-9/h2-5H,6-8H2,1H3,(H,18,19). The molecule has 2 rings (SSSR count). The lowest BCUT2D eigenvalue weighted by atomic mass is 10.2. The summed E-state index contributed by atoms with van der Waals surface area (Å²) in [6.45, 7) is 0.389. The van der Waals surface area contributed by atoms with Gasteiger partial charge in [0.25, 0.3) is 0 Å². The summed E-state index contributed by atoms with van der Waals surface area (Å²) >= 11 is 1.41. The first kappa shape index (κ1) is 14.4. The minimum Gasteiger partial charge on any atom is -0.481 e. The van der Waals surface area contributed by atoms with Gasteiger partial charge in [0, 0.05) is 20.0 Å². The Kier molecular flexibility index (Phi) is 4.62. The molecule has 1 aromatic carbocycles. The van der Waals surface area contributed by atoms with Crippen molar-refractivity contribution in [3.63, 3.8) is 0 Å². The normalized spacial score (nSPS) is 10.5. The van der Waals surface area contributed by atoms with E-state index in [-0.39, 0.29) is 12.2 Å². The maximum absolute atomic E-state index is 12.8. The third-order valence-corrected chi connectivity index (χ3v) is 3.75. The van der Waals surface area contributed by atoms with Crippen LogP contribution in [0.25, 0.3) is 0 Å². The van der Waals surface area contributed by atoms with Crippen molar-refractivity contribution < 1.29 is 14.3 Å². The molecular weight excluding hydrogens is 281 g/mol. The minimum atomic E-state index is -0.840. The second kappa shape index (κ2) is 6.42. The van der Waals surface area contributed by atoms with Crippen molar-refractivity contribution in [3.05, 3.63) is 40.7 Å². The van der Waals surface area contributed by atoms with Crippen molar-refractivity contribution in [2.75, 3.05) is 18.5 Å². The third-order valence-electron chi connectivity index (χ3n) is 2.71. The van der Waals surface area contributed by atoms with Gasteiger partial charge in [-0.05, 0) is 17.7 Å². The lowest BCUT2D eigenvalue weighted by Gasteiger charge is -2.12. The quantitative estimate of drug-likeness (QED) is 0.884.